The van der Waals surface area contributed by atoms with Crippen LogP contribution in [-0.2, 0) is 14.9 Å². The van der Waals surface area contributed by atoms with Gasteiger partial charge in [-0.2, -0.15) is 0 Å². The molecule has 0 unspecified atom stereocenters. The first kappa shape index (κ1) is 20.1. The van der Waals surface area contributed by atoms with E-state index in [0.717, 1.165) is 30.4 Å². The second kappa shape index (κ2) is 9.02. The predicted molar refractivity (Wildman–Crippen MR) is 111 cm³/mol. The predicted octanol–water partition coefficient (Wildman–Crippen LogP) is 3.82. The molecule has 0 bridgehead atoms. The number of benzene rings is 2. The number of amides is 2. The van der Waals surface area contributed by atoms with E-state index in [1.165, 1.54) is 0 Å². The maximum Gasteiger partial charge on any atom is 0.251 e. The molecule has 0 heterocycles. The smallest absolute Gasteiger partial charge is 0.251 e. The number of nitrogens with one attached hydrogen (secondary N) is 2. The van der Waals surface area contributed by atoms with Crippen molar-refractivity contribution in [2.75, 3.05) is 25.1 Å². The fraction of sp³-hybridized carbons (Fsp3) is 0.391. The molecule has 1 aliphatic rings. The molecule has 0 atom stereocenters. The summed E-state index contributed by atoms with van der Waals surface area (Å²) in [5.74, 6) is -0.153. The van der Waals surface area contributed by atoms with Crippen LogP contribution in [0.1, 0.15) is 47.7 Å². The Bertz CT molecular complexity index is 843. The Morgan fingerprint density at radius 2 is 1.89 bits per heavy atom. The molecule has 0 spiro atoms. The zero-order valence-corrected chi connectivity index (χ0v) is 16.6. The second-order valence-corrected chi connectivity index (χ2v) is 7.29. The summed E-state index contributed by atoms with van der Waals surface area (Å²) in [4.78, 5) is 25.3. The molecule has 5 heteroatoms. The fourth-order valence-corrected chi connectivity index (χ4v) is 3.33. The third kappa shape index (κ3) is 4.78. The normalized spacial score (nSPS) is 14.4. The van der Waals surface area contributed by atoms with Crippen molar-refractivity contribution in [1.29, 1.82) is 0 Å². The Morgan fingerprint density at radius 3 is 2.61 bits per heavy atom. The summed E-state index contributed by atoms with van der Waals surface area (Å²) in [5, 5.41) is 5.88. The van der Waals surface area contributed by atoms with E-state index in [1.54, 1.807) is 18.2 Å². The van der Waals surface area contributed by atoms with Gasteiger partial charge in [-0.25, -0.2) is 0 Å². The van der Waals surface area contributed by atoms with E-state index >= 15 is 0 Å². The van der Waals surface area contributed by atoms with Crippen molar-refractivity contribution in [2.45, 2.75) is 38.5 Å². The van der Waals surface area contributed by atoms with E-state index in [4.69, 9.17) is 4.74 Å². The van der Waals surface area contributed by atoms with Gasteiger partial charge in [-0.1, -0.05) is 35.9 Å². The van der Waals surface area contributed by atoms with Gasteiger partial charge in [0.2, 0.25) is 5.91 Å². The van der Waals surface area contributed by atoms with Crippen LogP contribution in [0.4, 0.5) is 5.69 Å². The van der Waals surface area contributed by atoms with Crippen LogP contribution in [-0.4, -0.2) is 31.6 Å². The molecular weight excluding hydrogens is 352 g/mol. The van der Waals surface area contributed by atoms with Gasteiger partial charge >= 0.3 is 0 Å². The van der Waals surface area contributed by atoms with Gasteiger partial charge < -0.3 is 15.4 Å². The van der Waals surface area contributed by atoms with Crippen LogP contribution >= 0.6 is 0 Å². The molecule has 5 nitrogen and oxygen atoms in total. The maximum atomic E-state index is 12.9. The fourth-order valence-electron chi connectivity index (χ4n) is 3.33. The van der Waals surface area contributed by atoms with Crippen molar-refractivity contribution in [3.8, 4) is 0 Å². The Kier molecular flexibility index (Phi) is 6.47. The molecule has 3 rings (SSSR count). The molecule has 1 aliphatic carbocycles. The Morgan fingerprint density at radius 1 is 1.11 bits per heavy atom. The van der Waals surface area contributed by atoms with E-state index in [1.807, 2.05) is 38.1 Å². The minimum atomic E-state index is -0.441. The minimum absolute atomic E-state index is 0.00706. The highest BCUT2D eigenvalue weighted by molar-refractivity contribution is 6.02. The molecule has 0 radical (unpaired) electrons. The summed E-state index contributed by atoms with van der Waals surface area (Å²) in [6.07, 6.45) is 2.47. The monoisotopic (exact) mass is 380 g/mol. The largest absolute Gasteiger partial charge is 0.382 e. The topological polar surface area (TPSA) is 67.4 Å². The number of carbonyl (C=O) groups excluding carboxylic acids is 2. The average Bonchev–Trinajstić information content (AvgIpc) is 3.50. The van der Waals surface area contributed by atoms with Crippen LogP contribution in [0.25, 0.3) is 0 Å². The molecule has 0 saturated heterocycles. The van der Waals surface area contributed by atoms with Crippen molar-refractivity contribution in [1.82, 2.24) is 5.32 Å². The van der Waals surface area contributed by atoms with Crippen LogP contribution in [0, 0.1) is 6.92 Å². The number of rotatable bonds is 9. The van der Waals surface area contributed by atoms with Crippen LogP contribution in [0.2, 0.25) is 0 Å². The van der Waals surface area contributed by atoms with Gasteiger partial charge in [0.05, 0.1) is 5.41 Å². The van der Waals surface area contributed by atoms with E-state index in [0.29, 0.717) is 31.0 Å². The summed E-state index contributed by atoms with van der Waals surface area (Å²) < 4.78 is 5.27. The quantitative estimate of drug-likeness (QED) is 0.650. The van der Waals surface area contributed by atoms with E-state index in [2.05, 4.69) is 16.7 Å². The van der Waals surface area contributed by atoms with E-state index < -0.39 is 5.41 Å². The molecule has 2 aromatic carbocycles. The third-order valence-corrected chi connectivity index (χ3v) is 5.09. The van der Waals surface area contributed by atoms with Gasteiger partial charge in [0.1, 0.15) is 0 Å². The van der Waals surface area contributed by atoms with Crippen molar-refractivity contribution in [3.63, 3.8) is 0 Å². The molecule has 0 aliphatic heterocycles. The lowest BCUT2D eigenvalue weighted by molar-refractivity contribution is -0.118. The summed E-state index contributed by atoms with van der Waals surface area (Å²) in [6.45, 7) is 5.86. The van der Waals surface area contributed by atoms with Gasteiger partial charge in [-0.15, -0.1) is 0 Å². The van der Waals surface area contributed by atoms with Crippen molar-refractivity contribution in [3.05, 3.63) is 65.2 Å². The lowest BCUT2D eigenvalue weighted by Crippen LogP contribution is -2.28. The third-order valence-electron chi connectivity index (χ3n) is 5.09. The first-order chi connectivity index (χ1) is 13.5. The number of hydrogen-bond donors (Lipinski definition) is 2. The molecule has 1 saturated carbocycles. The van der Waals surface area contributed by atoms with Gasteiger partial charge in [0, 0.05) is 31.0 Å². The summed E-state index contributed by atoms with van der Waals surface area (Å²) in [5.41, 5.74) is 2.96. The van der Waals surface area contributed by atoms with Crippen molar-refractivity contribution in [2.24, 2.45) is 0 Å². The molecule has 1 fully saturated rings. The summed E-state index contributed by atoms with van der Waals surface area (Å²) in [6, 6.07) is 15.2. The lowest BCUT2D eigenvalue weighted by Gasteiger charge is -2.17. The Labute approximate surface area is 166 Å². The molecule has 2 amide bonds. The van der Waals surface area contributed by atoms with E-state index in [9.17, 15) is 9.59 Å². The van der Waals surface area contributed by atoms with Gasteiger partial charge in [0.15, 0.2) is 0 Å². The number of aryl methyl sites for hydroxylation is 1. The summed E-state index contributed by atoms with van der Waals surface area (Å²) >= 11 is 0. The average molecular weight is 380 g/mol. The van der Waals surface area contributed by atoms with Crippen molar-refractivity contribution < 1.29 is 14.3 Å². The summed E-state index contributed by atoms with van der Waals surface area (Å²) in [7, 11) is 0. The van der Waals surface area contributed by atoms with Crippen LogP contribution in [0.5, 0.6) is 0 Å². The highest BCUT2D eigenvalue weighted by Gasteiger charge is 2.51. The highest BCUT2D eigenvalue weighted by Crippen LogP contribution is 2.49. The number of anilines is 1. The maximum absolute atomic E-state index is 12.9. The van der Waals surface area contributed by atoms with Crippen LogP contribution in [0.3, 0.4) is 0 Å². The van der Waals surface area contributed by atoms with Crippen LogP contribution < -0.4 is 10.6 Å². The standard InChI is InChI=1S/C23H28N2O3/c1-3-28-14-6-13-24-21(26)18-8-5-10-20(16-18)25-22(27)23(11-12-23)19-9-4-7-17(2)15-19/h4-5,7-10,15-16H,3,6,11-14H2,1-2H3,(H,24,26)(H,25,27). The van der Waals surface area contributed by atoms with Gasteiger partial charge in [-0.05, 0) is 56.9 Å². The Balaban J connectivity index is 1.61. The second-order valence-electron chi connectivity index (χ2n) is 7.29. The molecule has 28 heavy (non-hydrogen) atoms. The number of ether oxygens (including phenoxy) is 1. The highest BCUT2D eigenvalue weighted by atomic mass is 16.5. The van der Waals surface area contributed by atoms with Crippen molar-refractivity contribution >= 4 is 17.5 Å². The molecule has 2 aromatic rings. The zero-order valence-electron chi connectivity index (χ0n) is 16.6. The van der Waals surface area contributed by atoms with Gasteiger partial charge in [-0.3, -0.25) is 9.59 Å². The SMILES string of the molecule is CCOCCCNC(=O)c1cccc(NC(=O)C2(c3cccc(C)c3)CC2)c1. The molecular formula is C23H28N2O3. The zero-order chi connectivity index (χ0) is 20.0. The molecule has 0 aromatic heterocycles. The molecule has 148 valence electrons. The van der Waals surface area contributed by atoms with Crippen LogP contribution in [0.15, 0.2) is 48.5 Å². The first-order valence-corrected chi connectivity index (χ1v) is 9.90. The molecule has 2 N–H and O–H groups in total. The first-order valence-electron chi connectivity index (χ1n) is 9.90. The number of carbonyl (C=O) groups is 2. The van der Waals surface area contributed by atoms with Gasteiger partial charge in [0.25, 0.3) is 5.91 Å². The lowest BCUT2D eigenvalue weighted by atomic mass is 9.93. The Hall–Kier alpha value is -2.66. The van der Waals surface area contributed by atoms with E-state index in [-0.39, 0.29) is 11.8 Å². The minimum Gasteiger partial charge on any atom is -0.382 e. The number of hydrogen-bond acceptors (Lipinski definition) is 3.